The zero-order valence-corrected chi connectivity index (χ0v) is 14.6. The van der Waals surface area contributed by atoms with Crippen molar-refractivity contribution in [1.82, 2.24) is 9.55 Å². The Morgan fingerprint density at radius 3 is 2.88 bits per heavy atom. The predicted molar refractivity (Wildman–Crippen MR) is 99.0 cm³/mol. The van der Waals surface area contributed by atoms with Crippen LogP contribution in [0, 0.1) is 6.92 Å². The summed E-state index contributed by atoms with van der Waals surface area (Å²) >= 11 is 0. The van der Waals surface area contributed by atoms with Crippen molar-refractivity contribution in [2.24, 2.45) is 0 Å². The molecule has 0 radical (unpaired) electrons. The average Bonchev–Trinajstić information content (AvgIpc) is 2.95. The lowest BCUT2D eigenvalue weighted by molar-refractivity contribution is 0.297. The largest absolute Gasteiger partial charge is 0.497 e. The van der Waals surface area contributed by atoms with Gasteiger partial charge in [0.2, 0.25) is 0 Å². The number of aromatic nitrogens is 2. The first-order valence-electron chi connectivity index (χ1n) is 8.31. The second-order valence-electron chi connectivity index (χ2n) is 6.03. The fraction of sp³-hybridized carbons (Fsp3) is 0.200. The number of benzene rings is 2. The monoisotopic (exact) mass is 350 g/mol. The molecule has 4 aromatic rings. The van der Waals surface area contributed by atoms with Crippen molar-refractivity contribution in [2.45, 2.75) is 13.5 Å². The molecule has 6 heteroatoms. The summed E-state index contributed by atoms with van der Waals surface area (Å²) in [5, 5.41) is 0.897. The van der Waals surface area contributed by atoms with Crippen LogP contribution >= 0.6 is 0 Å². The third-order valence-corrected chi connectivity index (χ3v) is 4.31. The summed E-state index contributed by atoms with van der Waals surface area (Å²) in [6.45, 7) is 2.70. The standard InChI is InChI=1S/C20H18N2O4/c1-13-3-6-17-19(11-13)26-20(23)22(17)9-10-25-18-7-8-21-16-12-14(24-2)4-5-15(16)18/h3-8,11-12H,9-10H2,1-2H3. The average molecular weight is 350 g/mol. The fourth-order valence-electron chi connectivity index (χ4n) is 2.99. The van der Waals surface area contributed by atoms with E-state index in [1.54, 1.807) is 17.9 Å². The minimum absolute atomic E-state index is 0.341. The molecule has 0 saturated carbocycles. The number of fused-ring (bicyclic) bond motifs is 2. The number of methoxy groups -OCH3 is 1. The summed E-state index contributed by atoms with van der Waals surface area (Å²) in [6.07, 6.45) is 1.69. The van der Waals surface area contributed by atoms with Crippen LogP contribution < -0.4 is 15.2 Å². The zero-order chi connectivity index (χ0) is 18.1. The van der Waals surface area contributed by atoms with E-state index in [-0.39, 0.29) is 5.76 Å². The molecule has 0 saturated heterocycles. The van der Waals surface area contributed by atoms with E-state index in [0.29, 0.717) is 24.5 Å². The first kappa shape index (κ1) is 16.2. The molecule has 4 rings (SSSR count). The molecule has 2 aromatic carbocycles. The van der Waals surface area contributed by atoms with Gasteiger partial charge in [-0.15, -0.1) is 0 Å². The number of rotatable bonds is 5. The third-order valence-electron chi connectivity index (χ3n) is 4.31. The number of pyridine rings is 1. The maximum Gasteiger partial charge on any atom is 0.420 e. The minimum atomic E-state index is -0.376. The highest BCUT2D eigenvalue weighted by molar-refractivity contribution is 5.85. The first-order valence-corrected chi connectivity index (χ1v) is 8.31. The topological polar surface area (TPSA) is 66.5 Å². The van der Waals surface area contributed by atoms with E-state index in [0.717, 1.165) is 27.7 Å². The number of nitrogens with zero attached hydrogens (tertiary/aromatic N) is 2. The van der Waals surface area contributed by atoms with E-state index in [4.69, 9.17) is 13.9 Å². The summed E-state index contributed by atoms with van der Waals surface area (Å²) in [5.41, 5.74) is 3.21. The molecule has 0 aliphatic rings. The van der Waals surface area contributed by atoms with Crippen molar-refractivity contribution in [1.29, 1.82) is 0 Å². The predicted octanol–water partition coefficient (Wildman–Crippen LogP) is 3.54. The molecule has 0 amide bonds. The van der Waals surface area contributed by atoms with Crippen molar-refractivity contribution in [3.8, 4) is 11.5 Å². The Bertz CT molecular complexity index is 1140. The SMILES string of the molecule is COc1ccc2c(OCCn3c(=O)oc4cc(C)ccc43)ccnc2c1. The molecular formula is C20H18N2O4. The molecule has 132 valence electrons. The molecule has 0 atom stereocenters. The van der Waals surface area contributed by atoms with Gasteiger partial charge in [-0.05, 0) is 42.8 Å². The number of hydrogen-bond acceptors (Lipinski definition) is 5. The van der Waals surface area contributed by atoms with Gasteiger partial charge in [-0.3, -0.25) is 9.55 Å². The summed E-state index contributed by atoms with van der Waals surface area (Å²) in [4.78, 5) is 16.4. The Hall–Kier alpha value is -3.28. The van der Waals surface area contributed by atoms with E-state index in [9.17, 15) is 4.79 Å². The van der Waals surface area contributed by atoms with Crippen LogP contribution in [0.3, 0.4) is 0 Å². The Morgan fingerprint density at radius 2 is 2.04 bits per heavy atom. The van der Waals surface area contributed by atoms with Crippen molar-refractivity contribution in [3.63, 3.8) is 0 Å². The molecule has 6 nitrogen and oxygen atoms in total. The van der Waals surface area contributed by atoms with Gasteiger partial charge in [0.15, 0.2) is 5.58 Å². The van der Waals surface area contributed by atoms with Crippen LogP contribution in [-0.4, -0.2) is 23.3 Å². The first-order chi connectivity index (χ1) is 12.7. The fourth-order valence-corrected chi connectivity index (χ4v) is 2.99. The van der Waals surface area contributed by atoms with E-state index in [2.05, 4.69) is 4.98 Å². The van der Waals surface area contributed by atoms with Crippen LogP contribution in [-0.2, 0) is 6.54 Å². The zero-order valence-electron chi connectivity index (χ0n) is 14.6. The second kappa shape index (κ2) is 6.55. The molecule has 0 unspecified atom stereocenters. The molecule has 0 aliphatic heterocycles. The number of hydrogen-bond donors (Lipinski definition) is 0. The van der Waals surface area contributed by atoms with Crippen molar-refractivity contribution in [3.05, 3.63) is 64.8 Å². The maximum atomic E-state index is 12.1. The molecule has 2 heterocycles. The Labute approximate surface area is 149 Å². The molecule has 0 spiro atoms. The van der Waals surface area contributed by atoms with Gasteiger partial charge in [0.1, 0.15) is 18.1 Å². The number of aryl methyl sites for hydroxylation is 1. The van der Waals surface area contributed by atoms with Crippen molar-refractivity contribution < 1.29 is 13.9 Å². The van der Waals surface area contributed by atoms with E-state index in [1.165, 1.54) is 0 Å². The Morgan fingerprint density at radius 1 is 1.15 bits per heavy atom. The lowest BCUT2D eigenvalue weighted by Crippen LogP contribution is -2.18. The van der Waals surface area contributed by atoms with Gasteiger partial charge in [-0.25, -0.2) is 4.79 Å². The van der Waals surface area contributed by atoms with Gasteiger partial charge in [-0.1, -0.05) is 6.07 Å². The van der Waals surface area contributed by atoms with E-state index < -0.39 is 0 Å². The van der Waals surface area contributed by atoms with Crippen LogP contribution in [0.25, 0.3) is 22.0 Å². The van der Waals surface area contributed by atoms with Gasteiger partial charge in [0, 0.05) is 17.6 Å². The molecule has 2 aromatic heterocycles. The van der Waals surface area contributed by atoms with Gasteiger partial charge < -0.3 is 13.9 Å². The van der Waals surface area contributed by atoms with Crippen LogP contribution in [0.2, 0.25) is 0 Å². The normalized spacial score (nSPS) is 11.2. The Kier molecular flexibility index (Phi) is 4.08. The summed E-state index contributed by atoms with van der Waals surface area (Å²) in [7, 11) is 1.62. The lowest BCUT2D eigenvalue weighted by atomic mass is 10.2. The molecular weight excluding hydrogens is 332 g/mol. The van der Waals surface area contributed by atoms with Gasteiger partial charge >= 0.3 is 5.76 Å². The third kappa shape index (κ3) is 2.90. The number of ether oxygens (including phenoxy) is 2. The highest BCUT2D eigenvalue weighted by atomic mass is 16.5. The van der Waals surface area contributed by atoms with Crippen LogP contribution in [0.5, 0.6) is 11.5 Å². The summed E-state index contributed by atoms with van der Waals surface area (Å²) in [6, 6.07) is 13.2. The van der Waals surface area contributed by atoms with Gasteiger partial charge in [0.05, 0.1) is 24.7 Å². The van der Waals surface area contributed by atoms with E-state index in [1.807, 2.05) is 49.4 Å². The maximum absolute atomic E-state index is 12.1. The van der Waals surface area contributed by atoms with Crippen LogP contribution in [0.15, 0.2) is 57.9 Å². The molecule has 0 aliphatic carbocycles. The molecule has 26 heavy (non-hydrogen) atoms. The Balaban J connectivity index is 1.56. The molecule has 0 fully saturated rings. The lowest BCUT2D eigenvalue weighted by Gasteiger charge is -2.10. The second-order valence-corrected chi connectivity index (χ2v) is 6.03. The van der Waals surface area contributed by atoms with Crippen molar-refractivity contribution in [2.75, 3.05) is 13.7 Å². The molecule has 0 N–H and O–H groups in total. The highest BCUT2D eigenvalue weighted by Crippen LogP contribution is 2.27. The number of oxazole rings is 1. The molecule has 0 bridgehead atoms. The van der Waals surface area contributed by atoms with Crippen LogP contribution in [0.1, 0.15) is 5.56 Å². The smallest absolute Gasteiger partial charge is 0.420 e. The summed E-state index contributed by atoms with van der Waals surface area (Å²) < 4.78 is 18.0. The van der Waals surface area contributed by atoms with Gasteiger partial charge in [0.25, 0.3) is 0 Å². The highest BCUT2D eigenvalue weighted by Gasteiger charge is 2.10. The van der Waals surface area contributed by atoms with Crippen LogP contribution in [0.4, 0.5) is 0 Å². The summed E-state index contributed by atoms with van der Waals surface area (Å²) in [5.74, 6) is 1.08. The minimum Gasteiger partial charge on any atom is -0.497 e. The quantitative estimate of drug-likeness (QED) is 0.551. The van der Waals surface area contributed by atoms with E-state index >= 15 is 0 Å². The van der Waals surface area contributed by atoms with Crippen molar-refractivity contribution >= 4 is 22.0 Å². The van der Waals surface area contributed by atoms with Gasteiger partial charge in [-0.2, -0.15) is 0 Å².